The van der Waals surface area contributed by atoms with Crippen LogP contribution in [0.15, 0.2) is 23.0 Å². The molecule has 0 bridgehead atoms. The van der Waals surface area contributed by atoms with Gasteiger partial charge in [-0.3, -0.25) is 4.79 Å². The molecule has 2 atom stereocenters. The standard InChI is InChI=1S/C17H16ClF2N5OS2/c18-14-10(3-5-27-14)24-15(26)8-7-28-16-12(8)25-11(6-22-16)23-9-2-1-4-17(19,20)13(9)21/h3,5-7,9,13H,1-2,4,21H2,(H,23,25)(H,24,26)/t9-,13-/m1/s1. The molecule has 0 spiro atoms. The van der Waals surface area contributed by atoms with E-state index in [-0.39, 0.29) is 12.3 Å². The number of nitrogens with zero attached hydrogens (tertiary/aromatic N) is 2. The average molecular weight is 444 g/mol. The quantitative estimate of drug-likeness (QED) is 0.548. The zero-order valence-electron chi connectivity index (χ0n) is 14.4. The third-order valence-electron chi connectivity index (χ3n) is 4.67. The van der Waals surface area contributed by atoms with Gasteiger partial charge in [0.05, 0.1) is 23.5 Å². The van der Waals surface area contributed by atoms with Gasteiger partial charge in [0.2, 0.25) is 0 Å². The molecule has 1 saturated carbocycles. The Morgan fingerprint density at radius 2 is 2.21 bits per heavy atom. The van der Waals surface area contributed by atoms with Crippen molar-refractivity contribution in [2.24, 2.45) is 5.73 Å². The van der Waals surface area contributed by atoms with Gasteiger partial charge in [0, 0.05) is 17.8 Å². The molecule has 1 fully saturated rings. The smallest absolute Gasteiger partial charge is 0.264 e. The minimum Gasteiger partial charge on any atom is -0.364 e. The molecule has 0 aromatic carbocycles. The molecule has 1 aliphatic carbocycles. The molecule has 1 amide bonds. The molecular formula is C17H16ClF2N5OS2. The molecule has 1 aliphatic rings. The van der Waals surface area contributed by atoms with Crippen LogP contribution in [0.4, 0.5) is 20.3 Å². The number of hydrogen-bond donors (Lipinski definition) is 3. The van der Waals surface area contributed by atoms with Gasteiger partial charge >= 0.3 is 0 Å². The van der Waals surface area contributed by atoms with Crippen LogP contribution in [0.1, 0.15) is 29.6 Å². The summed E-state index contributed by atoms with van der Waals surface area (Å²) in [7, 11) is 0. The zero-order valence-corrected chi connectivity index (χ0v) is 16.8. The molecule has 3 heterocycles. The first kappa shape index (κ1) is 19.4. The third kappa shape index (κ3) is 3.69. The van der Waals surface area contributed by atoms with Crippen molar-refractivity contribution in [3.8, 4) is 0 Å². The van der Waals surface area contributed by atoms with Gasteiger partial charge in [-0.05, 0) is 24.3 Å². The highest BCUT2D eigenvalue weighted by Gasteiger charge is 2.44. The molecule has 0 radical (unpaired) electrons. The van der Waals surface area contributed by atoms with E-state index in [1.807, 2.05) is 0 Å². The highest BCUT2D eigenvalue weighted by atomic mass is 35.5. The van der Waals surface area contributed by atoms with E-state index in [1.165, 1.54) is 28.9 Å². The van der Waals surface area contributed by atoms with E-state index in [2.05, 4.69) is 20.6 Å². The van der Waals surface area contributed by atoms with Crippen LogP contribution in [0.25, 0.3) is 10.3 Å². The van der Waals surface area contributed by atoms with Gasteiger partial charge < -0.3 is 16.4 Å². The Balaban J connectivity index is 1.58. The van der Waals surface area contributed by atoms with E-state index in [9.17, 15) is 13.6 Å². The lowest BCUT2D eigenvalue weighted by atomic mass is 9.87. The number of alkyl halides is 2. The Bertz CT molecular complexity index is 1020. The SMILES string of the molecule is N[C@@H]1[C@H](Nc2cnc3scc(C(=O)Nc4ccsc4Cl)c3n2)CCCC1(F)F. The number of carbonyl (C=O) groups excluding carboxylic acids is 1. The Hall–Kier alpha value is -1.88. The van der Waals surface area contributed by atoms with Crippen molar-refractivity contribution in [2.75, 3.05) is 10.6 Å². The van der Waals surface area contributed by atoms with E-state index in [4.69, 9.17) is 17.3 Å². The number of anilines is 2. The first-order valence-corrected chi connectivity index (χ1v) is 10.7. The lowest BCUT2D eigenvalue weighted by molar-refractivity contribution is -0.0554. The molecule has 3 aromatic rings. The van der Waals surface area contributed by atoms with Crippen molar-refractivity contribution in [3.05, 3.63) is 32.9 Å². The first-order valence-electron chi connectivity index (χ1n) is 8.53. The van der Waals surface area contributed by atoms with Gasteiger partial charge in [0.25, 0.3) is 11.8 Å². The number of carbonyl (C=O) groups is 1. The van der Waals surface area contributed by atoms with Crippen molar-refractivity contribution in [3.63, 3.8) is 0 Å². The summed E-state index contributed by atoms with van der Waals surface area (Å²) >= 11 is 8.62. The van der Waals surface area contributed by atoms with E-state index in [0.717, 1.165) is 0 Å². The predicted octanol–water partition coefficient (Wildman–Crippen LogP) is 4.59. The van der Waals surface area contributed by atoms with Crippen LogP contribution in [0.2, 0.25) is 4.34 Å². The van der Waals surface area contributed by atoms with Crippen LogP contribution >= 0.6 is 34.3 Å². The summed E-state index contributed by atoms with van der Waals surface area (Å²) in [6, 6.07) is -0.205. The molecule has 0 unspecified atom stereocenters. The molecule has 0 aliphatic heterocycles. The van der Waals surface area contributed by atoms with Gasteiger partial charge in [-0.15, -0.1) is 22.7 Å². The minimum atomic E-state index is -2.92. The van der Waals surface area contributed by atoms with Crippen molar-refractivity contribution < 1.29 is 13.6 Å². The Labute approximate surface area is 172 Å². The van der Waals surface area contributed by atoms with Crippen LogP contribution < -0.4 is 16.4 Å². The summed E-state index contributed by atoms with van der Waals surface area (Å²) < 4.78 is 28.2. The zero-order chi connectivity index (χ0) is 19.9. The van der Waals surface area contributed by atoms with Gasteiger partial charge in [-0.25, -0.2) is 18.7 Å². The van der Waals surface area contributed by atoms with Crippen LogP contribution in [-0.2, 0) is 0 Å². The number of halogens is 3. The molecular weight excluding hydrogens is 428 g/mol. The highest BCUT2D eigenvalue weighted by Crippen LogP contribution is 2.34. The molecule has 28 heavy (non-hydrogen) atoms. The summed E-state index contributed by atoms with van der Waals surface area (Å²) in [6.07, 6.45) is 2.15. The fourth-order valence-corrected chi connectivity index (χ4v) is 4.83. The normalized spacial score (nSPS) is 21.6. The van der Waals surface area contributed by atoms with Gasteiger partial charge in [0.1, 0.15) is 20.5 Å². The Kier molecular flexibility index (Phi) is 5.21. The van der Waals surface area contributed by atoms with E-state index in [1.54, 1.807) is 16.8 Å². The van der Waals surface area contributed by atoms with Crippen LogP contribution in [-0.4, -0.2) is 33.9 Å². The maximum absolute atomic E-state index is 13.9. The maximum atomic E-state index is 13.9. The number of nitrogens with two attached hydrogens (primary N) is 1. The third-order valence-corrected chi connectivity index (χ3v) is 6.72. The lowest BCUT2D eigenvalue weighted by Crippen LogP contribution is -2.55. The first-order chi connectivity index (χ1) is 13.3. The monoisotopic (exact) mass is 443 g/mol. The molecule has 4 N–H and O–H groups in total. The van der Waals surface area contributed by atoms with E-state index < -0.39 is 18.0 Å². The molecule has 148 valence electrons. The number of fused-ring (bicyclic) bond motifs is 1. The molecule has 6 nitrogen and oxygen atoms in total. The summed E-state index contributed by atoms with van der Waals surface area (Å²) in [6.45, 7) is 0. The van der Waals surface area contributed by atoms with Crippen molar-refractivity contribution in [1.82, 2.24) is 9.97 Å². The summed E-state index contributed by atoms with van der Waals surface area (Å²) in [5.74, 6) is -2.97. The number of thiophene rings is 2. The second-order valence-corrected chi connectivity index (χ2v) is 8.93. The second-order valence-electron chi connectivity index (χ2n) is 6.55. The predicted molar refractivity (Wildman–Crippen MR) is 109 cm³/mol. The summed E-state index contributed by atoms with van der Waals surface area (Å²) in [5, 5.41) is 9.14. The molecule has 4 rings (SSSR count). The van der Waals surface area contributed by atoms with Crippen LogP contribution in [0.5, 0.6) is 0 Å². The number of hydrogen-bond acceptors (Lipinski definition) is 7. The summed E-state index contributed by atoms with van der Waals surface area (Å²) in [4.78, 5) is 21.9. The number of nitrogens with one attached hydrogen (secondary N) is 2. The van der Waals surface area contributed by atoms with Gasteiger partial charge in [-0.1, -0.05) is 11.6 Å². The summed E-state index contributed by atoms with van der Waals surface area (Å²) in [5.41, 5.74) is 7.00. The van der Waals surface area contributed by atoms with Crippen LogP contribution in [0, 0.1) is 0 Å². The molecule has 0 saturated heterocycles. The van der Waals surface area contributed by atoms with Crippen molar-refractivity contribution >= 4 is 62.0 Å². The largest absolute Gasteiger partial charge is 0.364 e. The Morgan fingerprint density at radius 3 is 2.96 bits per heavy atom. The van der Waals surface area contributed by atoms with Crippen LogP contribution in [0.3, 0.4) is 0 Å². The molecule has 3 aromatic heterocycles. The fourth-order valence-electron chi connectivity index (χ4n) is 3.16. The van der Waals surface area contributed by atoms with Crippen molar-refractivity contribution in [1.29, 1.82) is 0 Å². The number of rotatable bonds is 4. The van der Waals surface area contributed by atoms with Crippen molar-refractivity contribution in [2.45, 2.75) is 37.3 Å². The van der Waals surface area contributed by atoms with Gasteiger partial charge in [0.15, 0.2) is 0 Å². The van der Waals surface area contributed by atoms with E-state index in [0.29, 0.717) is 44.6 Å². The number of aromatic nitrogens is 2. The second kappa shape index (κ2) is 7.51. The lowest BCUT2D eigenvalue weighted by Gasteiger charge is -2.36. The van der Waals surface area contributed by atoms with E-state index >= 15 is 0 Å². The number of amides is 1. The highest BCUT2D eigenvalue weighted by molar-refractivity contribution is 7.17. The topological polar surface area (TPSA) is 92.9 Å². The van der Waals surface area contributed by atoms with Gasteiger partial charge in [-0.2, -0.15) is 0 Å². The average Bonchev–Trinajstić information content (AvgIpc) is 3.25. The Morgan fingerprint density at radius 1 is 1.39 bits per heavy atom. The maximum Gasteiger partial charge on any atom is 0.264 e. The minimum absolute atomic E-state index is 0.211. The molecule has 11 heteroatoms. The fraction of sp³-hybridized carbons (Fsp3) is 0.353.